The monoisotopic (exact) mass is 386 g/mol. The minimum absolute atomic E-state index is 0.0314. The fraction of sp³-hybridized carbons (Fsp3) is 0.133. The van der Waals surface area contributed by atoms with Gasteiger partial charge in [0.2, 0.25) is 5.82 Å². The van der Waals surface area contributed by atoms with Gasteiger partial charge in [-0.3, -0.25) is 0 Å². The lowest BCUT2D eigenvalue weighted by Gasteiger charge is -2.04. The van der Waals surface area contributed by atoms with E-state index in [0.29, 0.717) is 0 Å². The summed E-state index contributed by atoms with van der Waals surface area (Å²) in [6.45, 7) is 0. The average molecular weight is 386 g/mol. The van der Waals surface area contributed by atoms with E-state index in [9.17, 15) is 21.8 Å². The van der Waals surface area contributed by atoms with E-state index in [1.54, 1.807) is 12.1 Å². The molecule has 2 aromatic heterocycles. The van der Waals surface area contributed by atoms with Crippen LogP contribution in [0.4, 0.5) is 23.2 Å². The molecule has 1 unspecified atom stereocenters. The van der Waals surface area contributed by atoms with Gasteiger partial charge in [-0.05, 0) is 24.3 Å². The van der Waals surface area contributed by atoms with Crippen LogP contribution >= 0.6 is 0 Å². The number of hydrogen-bond acceptors (Lipinski definition) is 6. The van der Waals surface area contributed by atoms with Gasteiger partial charge in [0.25, 0.3) is 0 Å². The molecule has 2 heterocycles. The normalized spacial score (nSPS) is 14.0. The molecule has 6 nitrogen and oxygen atoms in total. The van der Waals surface area contributed by atoms with Gasteiger partial charge in [-0.2, -0.15) is 22.5 Å². The Morgan fingerprint density at radius 1 is 1.19 bits per heavy atom. The first-order chi connectivity index (χ1) is 12.2. The molecule has 11 heteroatoms. The maximum atomic E-state index is 14.2. The Kier molecular flexibility index (Phi) is 4.48. The third kappa shape index (κ3) is 3.72. The predicted molar refractivity (Wildman–Crippen MR) is 83.4 cm³/mol. The van der Waals surface area contributed by atoms with Gasteiger partial charge in [-0.15, -0.1) is 0 Å². The molecule has 0 aliphatic rings. The van der Waals surface area contributed by atoms with Gasteiger partial charge in [0.05, 0.1) is 21.0 Å². The number of rotatable bonds is 3. The fourth-order valence-electron chi connectivity index (χ4n) is 2.01. The first-order valence-corrected chi connectivity index (χ1v) is 8.93. The lowest BCUT2D eigenvalue weighted by molar-refractivity contribution is -0.159. The summed E-state index contributed by atoms with van der Waals surface area (Å²) in [6, 6.07) is 8.15. The first-order valence-electron chi connectivity index (χ1n) is 7.01. The molecule has 0 N–H and O–H groups in total. The highest BCUT2D eigenvalue weighted by atomic mass is 32.2. The van der Waals surface area contributed by atoms with E-state index in [1.165, 1.54) is 24.6 Å². The van der Waals surface area contributed by atoms with Crippen molar-refractivity contribution in [2.45, 2.75) is 11.2 Å². The van der Waals surface area contributed by atoms with Gasteiger partial charge >= 0.3 is 12.1 Å². The third-order valence-corrected chi connectivity index (χ3v) is 4.74. The minimum atomic E-state index is -4.83. The zero-order valence-electron chi connectivity index (χ0n) is 13.1. The van der Waals surface area contributed by atoms with E-state index in [4.69, 9.17) is 0 Å². The zero-order valence-corrected chi connectivity index (χ0v) is 13.9. The van der Waals surface area contributed by atoms with E-state index in [2.05, 4.69) is 24.0 Å². The van der Waals surface area contributed by atoms with Crippen LogP contribution in [0.5, 0.6) is 0 Å². The highest BCUT2D eigenvalue weighted by Gasteiger charge is 2.38. The molecule has 0 saturated heterocycles. The second kappa shape index (κ2) is 6.48. The van der Waals surface area contributed by atoms with E-state index in [0.717, 1.165) is 12.1 Å². The van der Waals surface area contributed by atoms with Crippen molar-refractivity contribution in [1.82, 2.24) is 15.1 Å². The summed E-state index contributed by atoms with van der Waals surface area (Å²) in [5, 5.41) is 3.34. The Bertz CT molecular complexity index is 1060. The Hall–Kier alpha value is -2.82. The van der Waals surface area contributed by atoms with E-state index < -0.39 is 33.4 Å². The SMILES string of the molecule is CS(=O)(=Nc1ccc(-c2noc(C(F)(F)F)n2)c(F)c1)c1ccccn1. The number of alkyl halides is 3. The summed E-state index contributed by atoms with van der Waals surface area (Å²) in [5.41, 5.74) is -0.271. The quantitative estimate of drug-likeness (QED) is 0.634. The average Bonchev–Trinajstić information content (AvgIpc) is 3.05. The third-order valence-electron chi connectivity index (χ3n) is 3.17. The van der Waals surface area contributed by atoms with Crippen LogP contribution in [0.3, 0.4) is 0 Å². The largest absolute Gasteiger partial charge is 0.471 e. The van der Waals surface area contributed by atoms with Crippen molar-refractivity contribution in [3.63, 3.8) is 0 Å². The smallest absolute Gasteiger partial charge is 0.329 e. The molecule has 0 fully saturated rings. The van der Waals surface area contributed by atoms with Crippen LogP contribution in [0.15, 0.2) is 56.5 Å². The van der Waals surface area contributed by atoms with Gasteiger partial charge in [0.15, 0.2) is 0 Å². The second-order valence-electron chi connectivity index (χ2n) is 5.15. The highest BCUT2D eigenvalue weighted by Crippen LogP contribution is 2.31. The molecule has 0 aliphatic heterocycles. The minimum Gasteiger partial charge on any atom is -0.329 e. The Morgan fingerprint density at radius 2 is 1.96 bits per heavy atom. The maximum absolute atomic E-state index is 14.2. The summed E-state index contributed by atoms with van der Waals surface area (Å²) in [6.07, 6.45) is -2.03. The van der Waals surface area contributed by atoms with Gasteiger partial charge in [0.1, 0.15) is 10.8 Å². The molecule has 1 atom stereocenters. The van der Waals surface area contributed by atoms with E-state index in [1.807, 2.05) is 0 Å². The zero-order chi connectivity index (χ0) is 18.9. The van der Waals surface area contributed by atoms with E-state index >= 15 is 0 Å². The second-order valence-corrected chi connectivity index (χ2v) is 7.35. The molecular formula is C15H10F4N4O2S. The number of halogens is 4. The molecule has 0 aliphatic carbocycles. The van der Waals surface area contributed by atoms with Crippen LogP contribution in [0, 0.1) is 5.82 Å². The van der Waals surface area contributed by atoms with Gasteiger partial charge in [0, 0.05) is 18.5 Å². The number of aromatic nitrogens is 3. The van der Waals surface area contributed by atoms with Crippen LogP contribution in [0.1, 0.15) is 5.89 Å². The molecule has 3 rings (SSSR count). The number of hydrogen-bond donors (Lipinski definition) is 0. The van der Waals surface area contributed by atoms with Crippen LogP contribution in [0.2, 0.25) is 0 Å². The molecule has 136 valence electrons. The molecule has 0 radical (unpaired) electrons. The molecule has 3 aromatic rings. The molecule has 26 heavy (non-hydrogen) atoms. The maximum Gasteiger partial charge on any atom is 0.471 e. The molecule has 0 bridgehead atoms. The molecule has 1 aromatic carbocycles. The van der Waals surface area contributed by atoms with Crippen molar-refractivity contribution in [2.24, 2.45) is 4.36 Å². The van der Waals surface area contributed by atoms with Crippen molar-refractivity contribution in [3.8, 4) is 11.4 Å². The van der Waals surface area contributed by atoms with Crippen LogP contribution in [-0.2, 0) is 15.9 Å². The number of nitrogens with zero attached hydrogens (tertiary/aromatic N) is 4. The van der Waals surface area contributed by atoms with Crippen molar-refractivity contribution in [2.75, 3.05) is 6.26 Å². The van der Waals surface area contributed by atoms with Crippen molar-refractivity contribution in [3.05, 3.63) is 54.3 Å². The number of pyridine rings is 1. The van der Waals surface area contributed by atoms with E-state index in [-0.39, 0.29) is 16.3 Å². The lowest BCUT2D eigenvalue weighted by Crippen LogP contribution is -2.04. The van der Waals surface area contributed by atoms with Crippen molar-refractivity contribution >= 4 is 15.4 Å². The summed E-state index contributed by atoms with van der Waals surface area (Å²) < 4.78 is 72.4. The molecule has 0 amide bonds. The van der Waals surface area contributed by atoms with Crippen LogP contribution in [-0.4, -0.2) is 25.6 Å². The van der Waals surface area contributed by atoms with Crippen molar-refractivity contribution in [1.29, 1.82) is 0 Å². The standard InChI is InChI=1S/C15H10F4N4O2S/c1-26(24,12-4-2-3-7-20-12)23-9-5-6-10(11(16)8-9)13-21-14(25-22-13)15(17,18)19/h2-8H,1H3. The summed E-state index contributed by atoms with van der Waals surface area (Å²) in [4.78, 5) is 7.08. The van der Waals surface area contributed by atoms with Gasteiger partial charge in [-0.1, -0.05) is 11.2 Å². The predicted octanol–water partition coefficient (Wildman–Crippen LogP) is 4.08. The Morgan fingerprint density at radius 3 is 2.54 bits per heavy atom. The fourth-order valence-corrected chi connectivity index (χ4v) is 3.21. The Balaban J connectivity index is 1.97. The molecule has 0 saturated carbocycles. The summed E-state index contributed by atoms with van der Waals surface area (Å²) in [7, 11) is -2.92. The lowest BCUT2D eigenvalue weighted by atomic mass is 10.2. The van der Waals surface area contributed by atoms with Crippen molar-refractivity contribution < 1.29 is 26.3 Å². The summed E-state index contributed by atoms with van der Waals surface area (Å²) >= 11 is 0. The number of benzene rings is 1. The molecular weight excluding hydrogens is 376 g/mol. The molecule has 0 spiro atoms. The highest BCUT2D eigenvalue weighted by molar-refractivity contribution is 7.93. The van der Waals surface area contributed by atoms with Gasteiger partial charge in [-0.25, -0.2) is 13.6 Å². The van der Waals surface area contributed by atoms with Gasteiger partial charge < -0.3 is 4.52 Å². The summed E-state index contributed by atoms with van der Waals surface area (Å²) in [5.74, 6) is -3.06. The topological polar surface area (TPSA) is 81.2 Å². The Labute approximate surface area is 145 Å². The van der Waals surface area contributed by atoms with Crippen LogP contribution < -0.4 is 0 Å². The first kappa shape index (κ1) is 18.0. The van der Waals surface area contributed by atoms with Crippen LogP contribution in [0.25, 0.3) is 11.4 Å².